The number of amides is 2. The summed E-state index contributed by atoms with van der Waals surface area (Å²) < 4.78 is 35.2. The lowest BCUT2D eigenvalue weighted by molar-refractivity contribution is -0.122. The van der Waals surface area contributed by atoms with Gasteiger partial charge in [-0.25, -0.2) is 23.5 Å². The van der Waals surface area contributed by atoms with E-state index in [0.717, 1.165) is 6.07 Å². The Morgan fingerprint density at radius 2 is 1.81 bits per heavy atom. The monoisotopic (exact) mass is 498 g/mol. The van der Waals surface area contributed by atoms with Crippen molar-refractivity contribution in [3.05, 3.63) is 42.4 Å². The standard InChI is InChI=1S/C25H28F2N6O3/c1-15-12-30(24(35)36-25(2,3)4)7-8-31(15)22-21-19(32-6-5-20(32)34)13-33(23(21)29-14-28-22)18-10-16(26)9-17(27)11-18/h9-11,13-15H,5-8,12H2,1-4H3. The summed E-state index contributed by atoms with van der Waals surface area (Å²) in [6.45, 7) is 9.35. The van der Waals surface area contributed by atoms with E-state index < -0.39 is 17.2 Å². The van der Waals surface area contributed by atoms with Crippen LogP contribution in [0.5, 0.6) is 0 Å². The fourth-order valence-corrected chi connectivity index (χ4v) is 4.66. The first-order chi connectivity index (χ1) is 17.0. The van der Waals surface area contributed by atoms with E-state index in [1.54, 1.807) is 20.6 Å². The number of hydrogen-bond donors (Lipinski definition) is 0. The molecule has 0 bridgehead atoms. The van der Waals surface area contributed by atoms with Crippen LogP contribution >= 0.6 is 0 Å². The maximum Gasteiger partial charge on any atom is 0.410 e. The van der Waals surface area contributed by atoms with Crippen LogP contribution in [0.3, 0.4) is 0 Å². The largest absolute Gasteiger partial charge is 0.444 e. The summed E-state index contributed by atoms with van der Waals surface area (Å²) in [6.07, 6.45) is 3.14. The van der Waals surface area contributed by atoms with Gasteiger partial charge in [0, 0.05) is 50.9 Å². The molecule has 2 aliphatic heterocycles. The van der Waals surface area contributed by atoms with Gasteiger partial charge in [-0.2, -0.15) is 0 Å². The second kappa shape index (κ2) is 8.72. The average molecular weight is 499 g/mol. The van der Waals surface area contributed by atoms with Gasteiger partial charge in [-0.15, -0.1) is 0 Å². The Labute approximate surface area is 207 Å². The topological polar surface area (TPSA) is 83.8 Å². The molecule has 9 nitrogen and oxygen atoms in total. The van der Waals surface area contributed by atoms with Gasteiger partial charge in [0.25, 0.3) is 0 Å². The van der Waals surface area contributed by atoms with Crippen LogP contribution in [-0.2, 0) is 9.53 Å². The molecular formula is C25H28F2N6O3. The highest BCUT2D eigenvalue weighted by Gasteiger charge is 2.35. The van der Waals surface area contributed by atoms with Gasteiger partial charge in [0.1, 0.15) is 29.4 Å². The van der Waals surface area contributed by atoms with Crippen LogP contribution in [0, 0.1) is 11.6 Å². The Morgan fingerprint density at radius 3 is 2.39 bits per heavy atom. The Bertz CT molecular complexity index is 1330. The maximum atomic E-state index is 14.0. The minimum atomic E-state index is -0.713. The fraction of sp³-hybridized carbons (Fsp3) is 0.440. The number of β-lactam (4-membered cyclic amide) rings is 1. The molecule has 4 heterocycles. The fourth-order valence-electron chi connectivity index (χ4n) is 4.66. The number of halogens is 2. The molecule has 2 fully saturated rings. The number of hydrogen-bond acceptors (Lipinski definition) is 6. The molecule has 2 aliphatic rings. The third-order valence-electron chi connectivity index (χ3n) is 6.36. The van der Waals surface area contributed by atoms with Crippen LogP contribution in [0.25, 0.3) is 16.7 Å². The van der Waals surface area contributed by atoms with Crippen molar-refractivity contribution in [2.24, 2.45) is 0 Å². The lowest BCUT2D eigenvalue weighted by Gasteiger charge is -2.41. The van der Waals surface area contributed by atoms with Crippen molar-refractivity contribution in [1.29, 1.82) is 0 Å². The van der Waals surface area contributed by atoms with Gasteiger partial charge < -0.3 is 19.4 Å². The van der Waals surface area contributed by atoms with Crippen LogP contribution in [0.2, 0.25) is 0 Å². The molecule has 3 aromatic rings. The van der Waals surface area contributed by atoms with Crippen LogP contribution in [0.15, 0.2) is 30.7 Å². The van der Waals surface area contributed by atoms with E-state index in [-0.39, 0.29) is 23.7 Å². The van der Waals surface area contributed by atoms with Crippen molar-refractivity contribution in [3.8, 4) is 5.69 Å². The number of piperazine rings is 1. The van der Waals surface area contributed by atoms with Crippen molar-refractivity contribution < 1.29 is 23.1 Å². The zero-order valence-corrected chi connectivity index (χ0v) is 20.7. The zero-order chi connectivity index (χ0) is 25.8. The summed E-state index contributed by atoms with van der Waals surface area (Å²) in [7, 11) is 0. The summed E-state index contributed by atoms with van der Waals surface area (Å²) >= 11 is 0. The Hall–Kier alpha value is -3.76. The summed E-state index contributed by atoms with van der Waals surface area (Å²) in [5, 5.41) is 0.618. The summed E-state index contributed by atoms with van der Waals surface area (Å²) in [6, 6.07) is 3.13. The quantitative estimate of drug-likeness (QED) is 0.510. The van der Waals surface area contributed by atoms with Crippen LogP contribution in [0.4, 0.5) is 25.1 Å². The van der Waals surface area contributed by atoms with Crippen molar-refractivity contribution in [2.75, 3.05) is 36.0 Å². The summed E-state index contributed by atoms with van der Waals surface area (Å²) in [5.74, 6) is -0.872. The molecule has 0 aliphatic carbocycles. The number of ether oxygens (including phenoxy) is 1. The molecule has 1 unspecified atom stereocenters. The lowest BCUT2D eigenvalue weighted by Crippen LogP contribution is -2.55. The molecule has 2 aromatic heterocycles. The molecule has 0 saturated carbocycles. The number of benzene rings is 1. The molecule has 0 N–H and O–H groups in total. The predicted octanol–water partition coefficient (Wildman–Crippen LogP) is 3.88. The van der Waals surface area contributed by atoms with E-state index in [1.165, 1.54) is 18.5 Å². The Kier molecular flexibility index (Phi) is 5.80. The number of carbonyl (C=O) groups is 2. The first-order valence-corrected chi connectivity index (χ1v) is 11.9. The Morgan fingerprint density at radius 1 is 1.08 bits per heavy atom. The minimum Gasteiger partial charge on any atom is -0.444 e. The SMILES string of the molecule is CC1CN(C(=O)OC(C)(C)C)CCN1c1ncnc2c1c(N1CCC1=O)cn2-c1cc(F)cc(F)c1. The smallest absolute Gasteiger partial charge is 0.410 e. The second-order valence-electron chi connectivity index (χ2n) is 10.2. The molecule has 36 heavy (non-hydrogen) atoms. The summed E-state index contributed by atoms with van der Waals surface area (Å²) in [4.78, 5) is 39.4. The second-order valence-corrected chi connectivity index (χ2v) is 10.2. The van der Waals surface area contributed by atoms with E-state index in [1.807, 2.05) is 27.7 Å². The van der Waals surface area contributed by atoms with Gasteiger partial charge in [-0.3, -0.25) is 9.36 Å². The van der Waals surface area contributed by atoms with Gasteiger partial charge in [-0.05, 0) is 39.8 Å². The highest BCUT2D eigenvalue weighted by atomic mass is 19.1. The highest BCUT2D eigenvalue weighted by Crippen LogP contribution is 2.39. The van der Waals surface area contributed by atoms with E-state index in [9.17, 15) is 18.4 Å². The van der Waals surface area contributed by atoms with Gasteiger partial charge in [0.05, 0.1) is 16.8 Å². The summed E-state index contributed by atoms with van der Waals surface area (Å²) in [5.41, 5.74) is 0.683. The molecule has 0 radical (unpaired) electrons. The minimum absolute atomic E-state index is 0.0444. The van der Waals surface area contributed by atoms with Crippen LogP contribution < -0.4 is 9.80 Å². The molecule has 190 valence electrons. The van der Waals surface area contributed by atoms with E-state index >= 15 is 0 Å². The van der Waals surface area contributed by atoms with Crippen LogP contribution in [-0.4, -0.2) is 69.3 Å². The van der Waals surface area contributed by atoms with Crippen molar-refractivity contribution >= 4 is 34.5 Å². The number of rotatable bonds is 3. The third kappa shape index (κ3) is 4.33. The average Bonchev–Trinajstić information content (AvgIpc) is 3.15. The molecule has 0 spiro atoms. The molecule has 2 amide bonds. The molecule has 11 heteroatoms. The lowest BCUT2D eigenvalue weighted by atomic mass is 10.1. The highest BCUT2D eigenvalue weighted by molar-refractivity contribution is 6.10. The van der Waals surface area contributed by atoms with Crippen molar-refractivity contribution in [2.45, 2.75) is 45.8 Å². The van der Waals surface area contributed by atoms with Crippen molar-refractivity contribution in [1.82, 2.24) is 19.4 Å². The number of carbonyl (C=O) groups excluding carboxylic acids is 2. The van der Waals surface area contributed by atoms with Crippen LogP contribution in [0.1, 0.15) is 34.1 Å². The van der Waals surface area contributed by atoms with Gasteiger partial charge in [-0.1, -0.05) is 0 Å². The number of nitrogens with zero attached hydrogens (tertiary/aromatic N) is 6. The third-order valence-corrected chi connectivity index (χ3v) is 6.36. The maximum absolute atomic E-state index is 14.0. The molecule has 1 atom stereocenters. The van der Waals surface area contributed by atoms with Gasteiger partial charge in [0.15, 0.2) is 5.65 Å². The first kappa shape index (κ1) is 24.0. The normalized spacial score (nSPS) is 18.6. The molecule has 2 saturated heterocycles. The predicted molar refractivity (Wildman–Crippen MR) is 130 cm³/mol. The zero-order valence-electron chi connectivity index (χ0n) is 20.7. The number of aromatic nitrogens is 3. The van der Waals surface area contributed by atoms with Gasteiger partial charge >= 0.3 is 6.09 Å². The van der Waals surface area contributed by atoms with E-state index in [2.05, 4.69) is 14.9 Å². The first-order valence-electron chi connectivity index (χ1n) is 11.9. The number of fused-ring (bicyclic) bond motifs is 1. The van der Waals surface area contributed by atoms with E-state index in [4.69, 9.17) is 4.74 Å². The van der Waals surface area contributed by atoms with Crippen molar-refractivity contribution in [3.63, 3.8) is 0 Å². The number of anilines is 2. The molecule has 5 rings (SSSR count). The Balaban J connectivity index is 1.55. The van der Waals surface area contributed by atoms with E-state index in [0.29, 0.717) is 55.1 Å². The molecular weight excluding hydrogens is 470 g/mol. The molecule has 1 aromatic carbocycles. The van der Waals surface area contributed by atoms with Gasteiger partial charge in [0.2, 0.25) is 5.91 Å².